The predicted molar refractivity (Wildman–Crippen MR) is 139 cm³/mol. The van der Waals surface area contributed by atoms with E-state index in [-0.39, 0.29) is 37.1 Å². The number of unbranched alkanes of at least 4 members (excludes halogenated alkanes) is 1. The Morgan fingerprint density at radius 3 is 2.71 bits per heavy atom. The summed E-state index contributed by atoms with van der Waals surface area (Å²) < 4.78 is 5.73. The number of aryl methyl sites for hydroxylation is 1. The number of hydrogen-bond acceptors (Lipinski definition) is 7. The molecule has 4 rings (SSSR count). The molecule has 38 heavy (non-hydrogen) atoms. The summed E-state index contributed by atoms with van der Waals surface area (Å²) >= 11 is 0. The minimum absolute atomic E-state index is 0.0543. The van der Waals surface area contributed by atoms with E-state index in [9.17, 15) is 24.6 Å². The number of carbonyl (C=O) groups is 3. The van der Waals surface area contributed by atoms with E-state index in [2.05, 4.69) is 28.5 Å². The summed E-state index contributed by atoms with van der Waals surface area (Å²) in [5, 5.41) is 25.2. The molecule has 10 nitrogen and oxygen atoms in total. The van der Waals surface area contributed by atoms with Crippen LogP contribution in [0.4, 0.5) is 0 Å². The van der Waals surface area contributed by atoms with Gasteiger partial charge in [-0.3, -0.25) is 14.4 Å². The monoisotopic (exact) mass is 531 g/mol. The van der Waals surface area contributed by atoms with Crippen LogP contribution in [-0.2, 0) is 25.6 Å². The molecule has 6 atom stereocenters. The molecule has 2 fully saturated rings. The van der Waals surface area contributed by atoms with Gasteiger partial charge in [0.05, 0.1) is 6.10 Å². The number of fused-ring (bicyclic) bond motifs is 5. The quantitative estimate of drug-likeness (QED) is 0.202. The molecule has 6 N–H and O–H groups in total. The van der Waals surface area contributed by atoms with E-state index in [4.69, 9.17) is 10.6 Å². The zero-order valence-electron chi connectivity index (χ0n) is 22.1. The van der Waals surface area contributed by atoms with Gasteiger partial charge in [0, 0.05) is 6.54 Å². The van der Waals surface area contributed by atoms with Crippen LogP contribution in [0.25, 0.3) is 0 Å². The smallest absolute Gasteiger partial charge is 0.326 e. The molecule has 0 aliphatic heterocycles. The van der Waals surface area contributed by atoms with E-state index in [1.54, 1.807) is 0 Å². The van der Waals surface area contributed by atoms with E-state index in [1.807, 2.05) is 12.1 Å². The highest BCUT2D eigenvalue weighted by atomic mass is 16.6. The molecule has 1 unspecified atom stereocenters. The topological polar surface area (TPSA) is 160 Å². The standard InChI is InChI=1S/C28H41N3O7/c1-28-12-11-20-19-8-6-18(14-17(19)5-7-21(20)22(28)9-10-24(28)32)37-15-26(34)31-23(27(35)36)4-2-3-13-30-25(33)16-38-29/h6,8,14,20-24,32H,2-5,7,9-13,15-16,29H2,1H3,(H,30,33)(H,31,34)(H,35,36)/t20-,21-,22+,23?,24+,28+/m1/s1. The molecule has 2 saturated carbocycles. The first-order valence-corrected chi connectivity index (χ1v) is 13.8. The summed E-state index contributed by atoms with van der Waals surface area (Å²) in [7, 11) is 0. The van der Waals surface area contributed by atoms with Crippen molar-refractivity contribution in [2.75, 3.05) is 19.8 Å². The molecule has 0 spiro atoms. The van der Waals surface area contributed by atoms with Crippen LogP contribution in [0.1, 0.15) is 75.3 Å². The third kappa shape index (κ3) is 6.30. The number of ether oxygens (including phenoxy) is 1. The number of carboxylic acids is 1. The van der Waals surface area contributed by atoms with Crippen LogP contribution in [0.15, 0.2) is 18.2 Å². The number of hydrogen-bond donors (Lipinski definition) is 5. The van der Waals surface area contributed by atoms with E-state index in [1.165, 1.54) is 11.1 Å². The maximum atomic E-state index is 12.4. The second kappa shape index (κ2) is 12.4. The third-order valence-electron chi connectivity index (χ3n) is 9.11. The van der Waals surface area contributed by atoms with Crippen molar-refractivity contribution >= 4 is 17.8 Å². The molecule has 0 saturated heterocycles. The summed E-state index contributed by atoms with van der Waals surface area (Å²) in [4.78, 5) is 39.5. The van der Waals surface area contributed by atoms with Crippen molar-refractivity contribution in [3.05, 3.63) is 29.3 Å². The average molecular weight is 532 g/mol. The molecule has 0 heterocycles. The fraction of sp³-hybridized carbons (Fsp3) is 0.679. The van der Waals surface area contributed by atoms with E-state index >= 15 is 0 Å². The Kier molecular flexibility index (Phi) is 9.27. The SMILES string of the molecule is C[C@]12CC[C@@H]3c4ccc(OCC(=O)NC(CCCCNC(=O)CON)C(=O)O)cc4CC[C@H]3[C@@H]1CC[C@@H]2O. The van der Waals surface area contributed by atoms with Crippen LogP contribution in [0, 0.1) is 17.3 Å². The van der Waals surface area contributed by atoms with Gasteiger partial charge >= 0.3 is 5.97 Å². The van der Waals surface area contributed by atoms with Gasteiger partial charge < -0.3 is 25.6 Å². The Morgan fingerprint density at radius 1 is 1.13 bits per heavy atom. The maximum Gasteiger partial charge on any atom is 0.326 e. The lowest BCUT2D eigenvalue weighted by atomic mass is 9.55. The summed E-state index contributed by atoms with van der Waals surface area (Å²) in [6.07, 6.45) is 7.38. The number of aliphatic hydroxyl groups is 1. The molecule has 1 aromatic rings. The van der Waals surface area contributed by atoms with Crippen LogP contribution >= 0.6 is 0 Å². The second-order valence-corrected chi connectivity index (χ2v) is 11.3. The molecule has 0 radical (unpaired) electrons. The highest BCUT2D eigenvalue weighted by molar-refractivity contribution is 5.84. The number of carbonyl (C=O) groups excluding carboxylic acids is 2. The zero-order chi connectivity index (χ0) is 27.3. The van der Waals surface area contributed by atoms with E-state index in [0.29, 0.717) is 42.9 Å². The van der Waals surface area contributed by atoms with Gasteiger partial charge in [-0.05, 0) is 104 Å². The van der Waals surface area contributed by atoms with Gasteiger partial charge in [-0.25, -0.2) is 10.7 Å². The average Bonchev–Trinajstić information content (AvgIpc) is 3.20. The van der Waals surface area contributed by atoms with Crippen molar-refractivity contribution in [3.8, 4) is 5.75 Å². The van der Waals surface area contributed by atoms with Crippen LogP contribution in [0.3, 0.4) is 0 Å². The number of rotatable bonds is 12. The first-order valence-electron chi connectivity index (χ1n) is 13.8. The van der Waals surface area contributed by atoms with Crippen molar-refractivity contribution in [2.24, 2.45) is 23.1 Å². The Hall–Kier alpha value is -2.69. The lowest BCUT2D eigenvalue weighted by molar-refractivity contribution is -0.142. The fourth-order valence-corrected chi connectivity index (χ4v) is 7.09. The predicted octanol–water partition coefficient (Wildman–Crippen LogP) is 2.03. The Morgan fingerprint density at radius 2 is 1.95 bits per heavy atom. The molecule has 0 bridgehead atoms. The molecular formula is C28H41N3O7. The summed E-state index contributed by atoms with van der Waals surface area (Å²) in [5.74, 6) is 5.20. The number of aliphatic hydroxyl groups excluding tert-OH is 1. The zero-order valence-corrected chi connectivity index (χ0v) is 22.1. The first-order chi connectivity index (χ1) is 18.2. The Bertz CT molecular complexity index is 1020. The molecular weight excluding hydrogens is 490 g/mol. The lowest BCUT2D eigenvalue weighted by Gasteiger charge is -2.50. The number of nitrogens with two attached hydrogens (primary N) is 1. The second-order valence-electron chi connectivity index (χ2n) is 11.3. The Labute approximate surface area is 223 Å². The van der Waals surface area contributed by atoms with Gasteiger partial charge in [0.2, 0.25) is 5.91 Å². The molecule has 210 valence electrons. The Balaban J connectivity index is 1.25. The molecule has 0 aromatic heterocycles. The molecule has 3 aliphatic carbocycles. The van der Waals surface area contributed by atoms with Crippen molar-refractivity contribution in [1.29, 1.82) is 0 Å². The van der Waals surface area contributed by atoms with Crippen LogP contribution < -0.4 is 21.3 Å². The summed E-state index contributed by atoms with van der Waals surface area (Å²) in [6, 6.07) is 5.03. The lowest BCUT2D eigenvalue weighted by Crippen LogP contribution is -2.44. The van der Waals surface area contributed by atoms with Gasteiger partial charge in [0.25, 0.3) is 5.91 Å². The van der Waals surface area contributed by atoms with Crippen molar-refractivity contribution in [2.45, 2.75) is 82.8 Å². The summed E-state index contributed by atoms with van der Waals surface area (Å²) in [5.41, 5.74) is 2.69. The van der Waals surface area contributed by atoms with Gasteiger partial charge in [-0.2, -0.15) is 0 Å². The number of carboxylic acid groups (broad SMARTS) is 1. The van der Waals surface area contributed by atoms with E-state index < -0.39 is 17.9 Å². The third-order valence-corrected chi connectivity index (χ3v) is 9.11. The van der Waals surface area contributed by atoms with Gasteiger partial charge in [0.1, 0.15) is 18.4 Å². The number of nitrogens with one attached hydrogen (secondary N) is 2. The number of benzene rings is 1. The van der Waals surface area contributed by atoms with Crippen molar-refractivity contribution in [3.63, 3.8) is 0 Å². The van der Waals surface area contributed by atoms with Gasteiger partial charge in [-0.1, -0.05) is 13.0 Å². The highest BCUT2D eigenvalue weighted by Gasteiger charge is 2.54. The van der Waals surface area contributed by atoms with Crippen LogP contribution in [0.2, 0.25) is 0 Å². The number of aliphatic carboxylic acids is 1. The van der Waals surface area contributed by atoms with Gasteiger partial charge in [0.15, 0.2) is 6.61 Å². The van der Waals surface area contributed by atoms with Crippen LogP contribution in [-0.4, -0.2) is 59.9 Å². The molecule has 1 aromatic carbocycles. The van der Waals surface area contributed by atoms with Crippen molar-refractivity contribution in [1.82, 2.24) is 10.6 Å². The minimum Gasteiger partial charge on any atom is -0.484 e. The fourth-order valence-electron chi connectivity index (χ4n) is 7.09. The van der Waals surface area contributed by atoms with Crippen molar-refractivity contribution < 1.29 is 34.2 Å². The molecule has 2 amide bonds. The number of amides is 2. The van der Waals surface area contributed by atoms with E-state index in [0.717, 1.165) is 38.5 Å². The van der Waals surface area contributed by atoms with Crippen LogP contribution in [0.5, 0.6) is 5.75 Å². The minimum atomic E-state index is -1.11. The summed E-state index contributed by atoms with van der Waals surface area (Å²) in [6.45, 7) is 2.15. The van der Waals surface area contributed by atoms with Gasteiger partial charge in [-0.15, -0.1) is 0 Å². The normalized spacial score (nSPS) is 28.4. The maximum absolute atomic E-state index is 12.4. The first kappa shape index (κ1) is 28.3. The molecule has 10 heteroatoms. The molecule has 3 aliphatic rings. The largest absolute Gasteiger partial charge is 0.484 e. The highest BCUT2D eigenvalue weighted by Crippen LogP contribution is 2.60.